The summed E-state index contributed by atoms with van der Waals surface area (Å²) in [6.07, 6.45) is 0.142. The summed E-state index contributed by atoms with van der Waals surface area (Å²) in [5.41, 5.74) is 5.78. The minimum absolute atomic E-state index is 0.0833. The van der Waals surface area contributed by atoms with Gasteiger partial charge in [-0.2, -0.15) is 0 Å². The van der Waals surface area contributed by atoms with E-state index in [1.165, 1.54) is 28.3 Å². The Hall–Kier alpha value is -4.23. The monoisotopic (exact) mass is 478 g/mol. The second-order valence-electron chi connectivity index (χ2n) is 9.47. The van der Waals surface area contributed by atoms with Gasteiger partial charge in [-0.25, -0.2) is 4.90 Å². The summed E-state index contributed by atoms with van der Waals surface area (Å²) in [4.78, 5) is 44.9. The fraction of sp³-hybridized carbons (Fsp3) is 0.207. The lowest BCUT2D eigenvalue weighted by molar-refractivity contribution is -0.123. The smallest absolute Gasteiger partial charge is 0.251 e. The molecule has 6 rings (SSSR count). The van der Waals surface area contributed by atoms with Crippen LogP contribution in [0.2, 0.25) is 0 Å². The van der Waals surface area contributed by atoms with E-state index >= 15 is 0 Å². The van der Waals surface area contributed by atoms with E-state index in [1.807, 2.05) is 24.3 Å². The van der Waals surface area contributed by atoms with Crippen molar-refractivity contribution in [2.45, 2.75) is 31.8 Å². The first-order chi connectivity index (χ1) is 17.5. The zero-order valence-corrected chi connectivity index (χ0v) is 19.9. The fourth-order valence-corrected chi connectivity index (χ4v) is 5.60. The van der Waals surface area contributed by atoms with Crippen molar-refractivity contribution in [2.75, 3.05) is 16.8 Å². The SMILES string of the molecule is CC(=O)Nc1ccc(N2C(=O)CC(N3Cc4[nH]c5ccccc5c4C(c4ccccc4)C3)C2=O)cc1. The largest absolute Gasteiger partial charge is 0.357 e. The molecule has 1 aromatic heterocycles. The second-order valence-corrected chi connectivity index (χ2v) is 9.47. The van der Waals surface area contributed by atoms with Gasteiger partial charge in [0.05, 0.1) is 18.2 Å². The predicted molar refractivity (Wildman–Crippen MR) is 139 cm³/mol. The number of H-pyrrole nitrogens is 1. The van der Waals surface area contributed by atoms with Crippen LogP contribution in [0.25, 0.3) is 10.9 Å². The van der Waals surface area contributed by atoms with E-state index in [1.54, 1.807) is 24.3 Å². The maximum Gasteiger partial charge on any atom is 0.251 e. The van der Waals surface area contributed by atoms with Gasteiger partial charge in [-0.1, -0.05) is 48.5 Å². The van der Waals surface area contributed by atoms with Gasteiger partial charge in [0.15, 0.2) is 0 Å². The van der Waals surface area contributed by atoms with E-state index in [2.05, 4.69) is 45.5 Å². The Morgan fingerprint density at radius 3 is 2.42 bits per heavy atom. The second kappa shape index (κ2) is 8.77. The molecule has 0 spiro atoms. The van der Waals surface area contributed by atoms with Crippen LogP contribution in [0.4, 0.5) is 11.4 Å². The molecule has 0 bridgehead atoms. The third-order valence-corrected chi connectivity index (χ3v) is 7.17. The molecule has 2 atom stereocenters. The number of rotatable bonds is 4. The zero-order valence-electron chi connectivity index (χ0n) is 19.9. The standard InChI is InChI=1S/C29H26N4O3/c1-18(34)30-20-11-13-21(14-12-20)33-27(35)15-26(29(33)36)32-16-23(19-7-3-2-4-8-19)28-22-9-5-6-10-24(22)31-25(28)17-32/h2-14,23,26,31H,15-17H2,1H3,(H,30,34). The van der Waals surface area contributed by atoms with Crippen LogP contribution in [0.5, 0.6) is 0 Å². The van der Waals surface area contributed by atoms with Crippen LogP contribution >= 0.6 is 0 Å². The lowest BCUT2D eigenvalue weighted by Crippen LogP contribution is -2.45. The molecule has 2 unspecified atom stereocenters. The van der Waals surface area contributed by atoms with Crippen molar-refractivity contribution in [1.29, 1.82) is 0 Å². The van der Waals surface area contributed by atoms with Crippen LogP contribution in [0, 0.1) is 0 Å². The number of carbonyl (C=O) groups is 3. The first-order valence-corrected chi connectivity index (χ1v) is 12.1. The van der Waals surface area contributed by atoms with Gasteiger partial charge in [-0.05, 0) is 41.5 Å². The van der Waals surface area contributed by atoms with Gasteiger partial charge < -0.3 is 10.3 Å². The molecule has 2 N–H and O–H groups in total. The highest BCUT2D eigenvalue weighted by Gasteiger charge is 2.45. The van der Waals surface area contributed by atoms with Gasteiger partial charge in [-0.3, -0.25) is 19.3 Å². The van der Waals surface area contributed by atoms with Crippen LogP contribution in [0.3, 0.4) is 0 Å². The molecule has 3 heterocycles. The molecule has 1 fully saturated rings. The van der Waals surface area contributed by atoms with E-state index in [4.69, 9.17) is 0 Å². The van der Waals surface area contributed by atoms with Crippen LogP contribution in [-0.2, 0) is 20.9 Å². The van der Waals surface area contributed by atoms with Crippen molar-refractivity contribution >= 4 is 40.0 Å². The molecule has 3 aromatic carbocycles. The molecular weight excluding hydrogens is 452 g/mol. The quantitative estimate of drug-likeness (QED) is 0.426. The number of hydrogen-bond acceptors (Lipinski definition) is 4. The van der Waals surface area contributed by atoms with Crippen molar-refractivity contribution in [3.63, 3.8) is 0 Å². The van der Waals surface area contributed by atoms with E-state index in [0.717, 1.165) is 11.2 Å². The van der Waals surface area contributed by atoms with Crippen LogP contribution in [-0.4, -0.2) is 40.2 Å². The molecule has 2 aliphatic rings. The van der Waals surface area contributed by atoms with Gasteiger partial charge >= 0.3 is 0 Å². The Morgan fingerprint density at radius 2 is 1.67 bits per heavy atom. The average Bonchev–Trinajstić information content (AvgIpc) is 3.40. The summed E-state index contributed by atoms with van der Waals surface area (Å²) in [5.74, 6) is -0.514. The van der Waals surface area contributed by atoms with E-state index in [-0.39, 0.29) is 30.1 Å². The number of amides is 3. The highest BCUT2D eigenvalue weighted by atomic mass is 16.2. The van der Waals surface area contributed by atoms with Crippen molar-refractivity contribution in [2.24, 2.45) is 0 Å². The molecule has 7 heteroatoms. The Kier molecular flexibility index (Phi) is 5.42. The van der Waals surface area contributed by atoms with Crippen LogP contribution in [0.15, 0.2) is 78.9 Å². The summed E-state index contributed by atoms with van der Waals surface area (Å²) >= 11 is 0. The molecule has 180 valence electrons. The predicted octanol–water partition coefficient (Wildman–Crippen LogP) is 4.41. The minimum atomic E-state index is -0.529. The topological polar surface area (TPSA) is 85.5 Å². The number of anilines is 2. The minimum Gasteiger partial charge on any atom is -0.357 e. The van der Waals surface area contributed by atoms with Gasteiger partial charge in [0.25, 0.3) is 5.91 Å². The number of aromatic nitrogens is 1. The molecule has 0 aliphatic carbocycles. The first-order valence-electron chi connectivity index (χ1n) is 12.1. The van der Waals surface area contributed by atoms with Gasteiger partial charge in [0, 0.05) is 48.2 Å². The highest BCUT2D eigenvalue weighted by molar-refractivity contribution is 6.22. The lowest BCUT2D eigenvalue weighted by Gasteiger charge is -2.36. The number of fused-ring (bicyclic) bond motifs is 3. The number of nitrogens with zero attached hydrogens (tertiary/aromatic N) is 2. The normalized spacial score (nSPS) is 20.1. The molecule has 36 heavy (non-hydrogen) atoms. The number of para-hydroxylation sites is 1. The van der Waals surface area contributed by atoms with Gasteiger partial charge in [0.2, 0.25) is 11.8 Å². The Labute approximate surface area is 208 Å². The third kappa shape index (κ3) is 3.78. The number of hydrogen-bond donors (Lipinski definition) is 2. The van der Waals surface area contributed by atoms with Gasteiger partial charge in [0.1, 0.15) is 0 Å². The van der Waals surface area contributed by atoms with Crippen LogP contribution in [0.1, 0.15) is 36.1 Å². The van der Waals surface area contributed by atoms with E-state index in [9.17, 15) is 14.4 Å². The summed E-state index contributed by atoms with van der Waals surface area (Å²) in [5, 5.41) is 3.91. The maximum absolute atomic E-state index is 13.6. The highest BCUT2D eigenvalue weighted by Crippen LogP contribution is 2.40. The van der Waals surface area contributed by atoms with Crippen molar-refractivity contribution in [3.8, 4) is 0 Å². The molecule has 0 saturated carbocycles. The zero-order chi connectivity index (χ0) is 24.8. The van der Waals surface area contributed by atoms with E-state index < -0.39 is 6.04 Å². The van der Waals surface area contributed by atoms with Gasteiger partial charge in [-0.15, -0.1) is 0 Å². The van der Waals surface area contributed by atoms with Crippen molar-refractivity contribution in [1.82, 2.24) is 9.88 Å². The molecule has 7 nitrogen and oxygen atoms in total. The molecular formula is C29H26N4O3. The number of benzene rings is 3. The Bertz CT molecular complexity index is 1480. The molecule has 2 aliphatic heterocycles. The molecule has 0 radical (unpaired) electrons. The Balaban J connectivity index is 1.33. The third-order valence-electron chi connectivity index (χ3n) is 7.17. The Morgan fingerprint density at radius 1 is 0.944 bits per heavy atom. The summed E-state index contributed by atoms with van der Waals surface area (Å²) in [7, 11) is 0. The van der Waals surface area contributed by atoms with Crippen LogP contribution < -0.4 is 10.2 Å². The summed E-state index contributed by atoms with van der Waals surface area (Å²) in [6, 6.07) is 24.9. The van der Waals surface area contributed by atoms with Crippen molar-refractivity contribution < 1.29 is 14.4 Å². The number of aromatic amines is 1. The molecule has 3 amide bonds. The summed E-state index contributed by atoms with van der Waals surface area (Å²) in [6.45, 7) is 2.66. The average molecular weight is 479 g/mol. The molecule has 1 saturated heterocycles. The van der Waals surface area contributed by atoms with Crippen molar-refractivity contribution in [3.05, 3.63) is 95.7 Å². The first kappa shape index (κ1) is 22.2. The maximum atomic E-state index is 13.6. The van der Waals surface area contributed by atoms with E-state index in [0.29, 0.717) is 24.5 Å². The summed E-state index contributed by atoms with van der Waals surface area (Å²) < 4.78 is 0. The molecule has 4 aromatic rings. The number of nitrogens with one attached hydrogen (secondary N) is 2. The lowest BCUT2D eigenvalue weighted by atomic mass is 9.85. The fourth-order valence-electron chi connectivity index (χ4n) is 5.60. The number of imide groups is 1. The number of carbonyl (C=O) groups excluding carboxylic acids is 3.